The zero-order valence-corrected chi connectivity index (χ0v) is 7.10. The lowest BCUT2D eigenvalue weighted by molar-refractivity contribution is 0.629. The van der Waals surface area contributed by atoms with Crippen molar-refractivity contribution in [1.82, 2.24) is 0 Å². The maximum absolute atomic E-state index is 13.2. The van der Waals surface area contributed by atoms with Gasteiger partial charge in [0.25, 0.3) is 0 Å². The number of rotatable bonds is 2. The first-order valence-electron chi connectivity index (χ1n) is 4.28. The summed E-state index contributed by atoms with van der Waals surface area (Å²) in [7, 11) is 1.73. The van der Waals surface area contributed by atoms with Crippen LogP contribution in [0.2, 0.25) is 0 Å². The molecule has 2 rings (SSSR count). The van der Waals surface area contributed by atoms with Crippen LogP contribution in [0.4, 0.5) is 10.1 Å². The SMILES string of the molecule is CNc1ccc(C2CC2)cc1F. The van der Waals surface area contributed by atoms with E-state index in [1.54, 1.807) is 13.1 Å². The molecule has 1 aliphatic rings. The summed E-state index contributed by atoms with van der Waals surface area (Å²) in [5.74, 6) is 0.493. The predicted octanol–water partition coefficient (Wildman–Crippen LogP) is 2.74. The van der Waals surface area contributed by atoms with Crippen LogP contribution in [0.5, 0.6) is 0 Å². The van der Waals surface area contributed by atoms with Gasteiger partial charge < -0.3 is 5.32 Å². The molecule has 0 spiro atoms. The predicted molar refractivity (Wildman–Crippen MR) is 47.9 cm³/mol. The zero-order chi connectivity index (χ0) is 8.55. The Balaban J connectivity index is 2.30. The molecule has 1 aromatic carbocycles. The van der Waals surface area contributed by atoms with Crippen molar-refractivity contribution in [2.24, 2.45) is 0 Å². The Morgan fingerprint density at radius 1 is 1.42 bits per heavy atom. The number of hydrogen-bond donors (Lipinski definition) is 1. The summed E-state index contributed by atoms with van der Waals surface area (Å²) in [5.41, 5.74) is 1.73. The summed E-state index contributed by atoms with van der Waals surface area (Å²) in [5, 5.41) is 2.81. The molecule has 0 bridgehead atoms. The first kappa shape index (κ1) is 7.59. The van der Waals surface area contributed by atoms with Crippen molar-refractivity contribution in [3.8, 4) is 0 Å². The number of halogens is 1. The van der Waals surface area contributed by atoms with Crippen molar-refractivity contribution in [1.29, 1.82) is 0 Å². The fourth-order valence-corrected chi connectivity index (χ4v) is 1.40. The van der Waals surface area contributed by atoms with Crippen molar-refractivity contribution < 1.29 is 4.39 Å². The minimum atomic E-state index is -0.137. The summed E-state index contributed by atoms with van der Waals surface area (Å²) in [6.45, 7) is 0. The van der Waals surface area contributed by atoms with Crippen LogP contribution < -0.4 is 5.32 Å². The van der Waals surface area contributed by atoms with Crippen molar-refractivity contribution in [2.75, 3.05) is 12.4 Å². The zero-order valence-electron chi connectivity index (χ0n) is 7.10. The number of benzene rings is 1. The molecule has 2 heteroatoms. The van der Waals surface area contributed by atoms with Gasteiger partial charge in [0.15, 0.2) is 0 Å². The van der Waals surface area contributed by atoms with E-state index in [9.17, 15) is 4.39 Å². The third-order valence-corrected chi connectivity index (χ3v) is 2.31. The molecule has 0 atom stereocenters. The molecule has 1 saturated carbocycles. The van der Waals surface area contributed by atoms with E-state index in [4.69, 9.17) is 0 Å². The summed E-state index contributed by atoms with van der Waals surface area (Å²) >= 11 is 0. The van der Waals surface area contributed by atoms with E-state index >= 15 is 0 Å². The van der Waals surface area contributed by atoms with Crippen LogP contribution in [0.25, 0.3) is 0 Å². The van der Waals surface area contributed by atoms with E-state index in [1.807, 2.05) is 12.1 Å². The highest BCUT2D eigenvalue weighted by atomic mass is 19.1. The van der Waals surface area contributed by atoms with Crippen LogP contribution in [0, 0.1) is 5.82 Å². The first-order chi connectivity index (χ1) is 5.81. The molecule has 64 valence electrons. The van der Waals surface area contributed by atoms with Gasteiger partial charge in [0.1, 0.15) is 5.82 Å². The topological polar surface area (TPSA) is 12.0 Å². The maximum Gasteiger partial charge on any atom is 0.146 e. The molecule has 0 radical (unpaired) electrons. The van der Waals surface area contributed by atoms with E-state index in [2.05, 4.69) is 5.32 Å². The monoisotopic (exact) mass is 165 g/mol. The number of nitrogens with one attached hydrogen (secondary N) is 1. The Hall–Kier alpha value is -1.05. The molecular weight excluding hydrogens is 153 g/mol. The fourth-order valence-electron chi connectivity index (χ4n) is 1.40. The van der Waals surface area contributed by atoms with Crippen molar-refractivity contribution in [2.45, 2.75) is 18.8 Å². The van der Waals surface area contributed by atoms with Crippen molar-refractivity contribution >= 4 is 5.69 Å². The standard InChI is InChI=1S/C10H12FN/c1-12-10-5-4-8(6-9(10)11)7-2-3-7/h4-7,12H,2-3H2,1H3. The lowest BCUT2D eigenvalue weighted by atomic mass is 10.1. The van der Waals surface area contributed by atoms with Gasteiger partial charge in [-0.05, 0) is 36.5 Å². The molecule has 0 unspecified atom stereocenters. The summed E-state index contributed by atoms with van der Waals surface area (Å²) in [6, 6.07) is 5.46. The van der Waals surface area contributed by atoms with Gasteiger partial charge in [-0.2, -0.15) is 0 Å². The Bertz CT molecular complexity index is 292. The van der Waals surface area contributed by atoms with Crippen molar-refractivity contribution in [3.05, 3.63) is 29.6 Å². The summed E-state index contributed by atoms with van der Waals surface area (Å²) < 4.78 is 13.2. The van der Waals surface area contributed by atoms with Gasteiger partial charge in [-0.15, -0.1) is 0 Å². The highest BCUT2D eigenvalue weighted by Crippen LogP contribution is 2.40. The summed E-state index contributed by atoms with van der Waals surface area (Å²) in [4.78, 5) is 0. The van der Waals surface area contributed by atoms with Gasteiger partial charge in [0.2, 0.25) is 0 Å². The molecule has 1 N–H and O–H groups in total. The van der Waals surface area contributed by atoms with Gasteiger partial charge in [0.05, 0.1) is 5.69 Å². The maximum atomic E-state index is 13.2. The van der Waals surface area contributed by atoms with Gasteiger partial charge >= 0.3 is 0 Å². The molecule has 1 nitrogen and oxygen atoms in total. The van der Waals surface area contributed by atoms with Crippen LogP contribution >= 0.6 is 0 Å². The molecule has 0 amide bonds. The minimum absolute atomic E-state index is 0.137. The van der Waals surface area contributed by atoms with Crippen LogP contribution in [0.3, 0.4) is 0 Å². The minimum Gasteiger partial charge on any atom is -0.386 e. The Kier molecular flexibility index (Phi) is 1.75. The number of hydrogen-bond acceptors (Lipinski definition) is 1. The quantitative estimate of drug-likeness (QED) is 0.710. The van der Waals surface area contributed by atoms with E-state index in [0.29, 0.717) is 11.6 Å². The number of anilines is 1. The van der Waals surface area contributed by atoms with E-state index in [-0.39, 0.29) is 5.82 Å². The Morgan fingerprint density at radius 2 is 2.17 bits per heavy atom. The molecule has 1 aliphatic carbocycles. The van der Waals surface area contributed by atoms with Crippen LogP contribution in [0.15, 0.2) is 18.2 Å². The van der Waals surface area contributed by atoms with E-state index < -0.39 is 0 Å². The molecule has 1 aromatic rings. The smallest absolute Gasteiger partial charge is 0.146 e. The highest BCUT2D eigenvalue weighted by molar-refractivity contribution is 5.46. The normalized spacial score (nSPS) is 16.2. The van der Waals surface area contributed by atoms with Crippen molar-refractivity contribution in [3.63, 3.8) is 0 Å². The second-order valence-corrected chi connectivity index (χ2v) is 3.26. The van der Waals surface area contributed by atoms with Gasteiger partial charge in [0, 0.05) is 7.05 Å². The van der Waals surface area contributed by atoms with E-state index in [0.717, 1.165) is 5.56 Å². The van der Waals surface area contributed by atoms with Gasteiger partial charge in [-0.3, -0.25) is 0 Å². The Morgan fingerprint density at radius 3 is 2.67 bits per heavy atom. The highest BCUT2D eigenvalue weighted by Gasteiger charge is 2.23. The lowest BCUT2D eigenvalue weighted by Gasteiger charge is -2.03. The molecule has 0 heterocycles. The van der Waals surface area contributed by atoms with Crippen LogP contribution in [0.1, 0.15) is 24.3 Å². The second-order valence-electron chi connectivity index (χ2n) is 3.26. The molecule has 12 heavy (non-hydrogen) atoms. The molecule has 0 aliphatic heterocycles. The largest absolute Gasteiger partial charge is 0.386 e. The molecule has 0 saturated heterocycles. The average Bonchev–Trinajstić information content (AvgIpc) is 2.86. The summed E-state index contributed by atoms with van der Waals surface area (Å²) in [6.07, 6.45) is 2.44. The van der Waals surface area contributed by atoms with Gasteiger partial charge in [-0.25, -0.2) is 4.39 Å². The van der Waals surface area contributed by atoms with Crippen LogP contribution in [-0.4, -0.2) is 7.05 Å². The van der Waals surface area contributed by atoms with Crippen LogP contribution in [-0.2, 0) is 0 Å². The first-order valence-corrected chi connectivity index (χ1v) is 4.28. The van der Waals surface area contributed by atoms with Gasteiger partial charge in [-0.1, -0.05) is 6.07 Å². The third-order valence-electron chi connectivity index (χ3n) is 2.31. The molecule has 1 fully saturated rings. The molecule has 0 aromatic heterocycles. The lowest BCUT2D eigenvalue weighted by Crippen LogP contribution is -1.93. The fraction of sp³-hybridized carbons (Fsp3) is 0.400. The Labute approximate surface area is 71.6 Å². The van der Waals surface area contributed by atoms with E-state index in [1.165, 1.54) is 12.8 Å². The average molecular weight is 165 g/mol. The molecular formula is C10H12FN. The second kappa shape index (κ2) is 2.77. The third kappa shape index (κ3) is 1.29.